The maximum absolute atomic E-state index is 13.5. The van der Waals surface area contributed by atoms with Crippen molar-refractivity contribution in [3.63, 3.8) is 0 Å². The van der Waals surface area contributed by atoms with Gasteiger partial charge in [-0.25, -0.2) is 19.6 Å². The van der Waals surface area contributed by atoms with E-state index in [1.165, 1.54) is 24.3 Å². The summed E-state index contributed by atoms with van der Waals surface area (Å²) in [4.78, 5) is 96.7. The van der Waals surface area contributed by atoms with E-state index in [2.05, 4.69) is 58.3 Å². The second-order valence-corrected chi connectivity index (χ2v) is 19.6. The van der Waals surface area contributed by atoms with Crippen molar-refractivity contribution < 1.29 is 38.2 Å². The monoisotopic (exact) mass is 1020 g/mol. The predicted octanol–water partition coefficient (Wildman–Crippen LogP) is 5.97. The molecule has 21 heteroatoms. The fraction of sp³-hybridized carbons (Fsp3) is 0.442. The van der Waals surface area contributed by atoms with Crippen molar-refractivity contribution in [1.29, 1.82) is 0 Å². The summed E-state index contributed by atoms with van der Waals surface area (Å²) in [5, 5.41) is 14.7. The van der Waals surface area contributed by atoms with Crippen LogP contribution in [0.5, 0.6) is 0 Å². The van der Waals surface area contributed by atoms with E-state index in [0.717, 1.165) is 35.3 Å². The number of urea groups is 1. The molecule has 2 aromatic heterocycles. The van der Waals surface area contributed by atoms with E-state index in [1.807, 2.05) is 56.0 Å². The third-order valence-corrected chi connectivity index (χ3v) is 13.3. The molecule has 1 atom stereocenters. The van der Waals surface area contributed by atoms with E-state index in [9.17, 15) is 28.8 Å². The van der Waals surface area contributed by atoms with E-state index < -0.39 is 23.6 Å². The number of piperidine rings is 1. The number of ether oxygens (including phenoxy) is 2. The number of nitrogens with one attached hydrogen (secondary N) is 5. The number of fused-ring (bicyclic) bond motifs is 1. The highest BCUT2D eigenvalue weighted by molar-refractivity contribution is 6.33. The van der Waals surface area contributed by atoms with Gasteiger partial charge in [0.15, 0.2) is 11.5 Å². The molecule has 2 saturated heterocycles. The Balaban J connectivity index is 0.753. The Kier molecular flexibility index (Phi) is 16.6. The largest absolute Gasteiger partial charge is 0.444 e. The van der Waals surface area contributed by atoms with E-state index in [0.29, 0.717) is 94.6 Å². The molecule has 384 valence electrons. The molecule has 5 N–H and O–H groups in total. The van der Waals surface area contributed by atoms with Crippen molar-refractivity contribution in [2.24, 2.45) is 0 Å². The highest BCUT2D eigenvalue weighted by atomic mass is 35.5. The summed E-state index contributed by atoms with van der Waals surface area (Å²) in [6.07, 6.45) is 6.43. The fourth-order valence-corrected chi connectivity index (χ4v) is 9.38. The molecule has 73 heavy (non-hydrogen) atoms. The van der Waals surface area contributed by atoms with Gasteiger partial charge < -0.3 is 50.3 Å². The summed E-state index contributed by atoms with van der Waals surface area (Å²) >= 11 is 6.40. The van der Waals surface area contributed by atoms with Crippen LogP contribution in [0.15, 0.2) is 67.0 Å². The van der Waals surface area contributed by atoms with Gasteiger partial charge in [-0.3, -0.25) is 24.5 Å². The molecule has 8 rings (SSSR count). The van der Waals surface area contributed by atoms with Crippen LogP contribution >= 0.6 is 11.6 Å². The van der Waals surface area contributed by atoms with Crippen molar-refractivity contribution in [2.75, 3.05) is 68.5 Å². The Bertz CT molecular complexity index is 2760. The van der Waals surface area contributed by atoms with E-state index in [-0.39, 0.29) is 59.5 Å². The van der Waals surface area contributed by atoms with Crippen molar-refractivity contribution in [3.8, 4) is 11.8 Å². The first kappa shape index (κ1) is 51.8. The molecule has 4 aromatic rings. The molecule has 5 heterocycles. The number of aromatic nitrogens is 3. The number of carbonyl (C=O) groups is 6. The molecular weight excluding hydrogens is 956 g/mol. The van der Waals surface area contributed by atoms with Crippen LogP contribution in [0.4, 0.5) is 38.4 Å². The molecule has 1 aliphatic carbocycles. The van der Waals surface area contributed by atoms with Crippen LogP contribution in [0.2, 0.25) is 5.02 Å². The van der Waals surface area contributed by atoms with Gasteiger partial charge in [0, 0.05) is 99.9 Å². The minimum atomic E-state index is -0.670. The average molecular weight is 1020 g/mol. The lowest BCUT2D eigenvalue weighted by Crippen LogP contribution is -2.54. The lowest BCUT2D eigenvalue weighted by molar-refractivity contribution is -0.136. The molecule has 3 aliphatic heterocycles. The summed E-state index contributed by atoms with van der Waals surface area (Å²) in [6, 6.07) is 15.8. The summed E-state index contributed by atoms with van der Waals surface area (Å²) < 4.78 is 11.8. The first-order valence-corrected chi connectivity index (χ1v) is 25.0. The number of nitrogens with zero attached hydrogens (tertiary/aromatic N) is 7. The van der Waals surface area contributed by atoms with Crippen LogP contribution in [0.25, 0.3) is 0 Å². The molecular formula is C52H61ClN12O8. The zero-order valence-corrected chi connectivity index (χ0v) is 42.2. The number of halogens is 1. The Morgan fingerprint density at radius 3 is 2.42 bits per heavy atom. The topological polar surface area (TPSA) is 233 Å². The minimum Gasteiger partial charge on any atom is -0.444 e. The number of rotatable bonds is 14. The van der Waals surface area contributed by atoms with Crippen molar-refractivity contribution in [3.05, 3.63) is 94.4 Å². The number of benzene rings is 2. The number of imide groups is 1. The molecule has 2 aromatic carbocycles. The molecule has 0 radical (unpaired) electrons. The lowest BCUT2D eigenvalue weighted by atomic mass is 9.90. The van der Waals surface area contributed by atoms with Crippen LogP contribution in [0.1, 0.15) is 97.7 Å². The van der Waals surface area contributed by atoms with Gasteiger partial charge in [0.25, 0.3) is 11.8 Å². The number of pyridine rings is 1. The second-order valence-electron chi connectivity index (χ2n) is 19.2. The molecule has 0 spiro atoms. The Morgan fingerprint density at radius 2 is 1.70 bits per heavy atom. The molecule has 3 fully saturated rings. The van der Waals surface area contributed by atoms with E-state index in [4.69, 9.17) is 21.1 Å². The Morgan fingerprint density at radius 1 is 0.932 bits per heavy atom. The number of piperazine rings is 1. The third-order valence-electron chi connectivity index (χ3n) is 13.0. The number of anilines is 5. The Labute approximate surface area is 429 Å². The fourth-order valence-electron chi connectivity index (χ4n) is 9.25. The maximum atomic E-state index is 13.5. The highest BCUT2D eigenvalue weighted by Gasteiger charge is 2.39. The van der Waals surface area contributed by atoms with Crippen LogP contribution in [-0.4, -0.2) is 142 Å². The van der Waals surface area contributed by atoms with Gasteiger partial charge in [0.1, 0.15) is 16.7 Å². The second kappa shape index (κ2) is 23.4. The molecule has 4 aliphatic rings. The van der Waals surface area contributed by atoms with Crippen LogP contribution in [0, 0.1) is 11.8 Å². The van der Waals surface area contributed by atoms with E-state index >= 15 is 0 Å². The number of hydrogen-bond donors (Lipinski definition) is 5. The van der Waals surface area contributed by atoms with Crippen molar-refractivity contribution in [2.45, 2.75) is 96.0 Å². The van der Waals surface area contributed by atoms with Gasteiger partial charge in [-0.15, -0.1) is 0 Å². The number of carbonyl (C=O) groups excluding carboxylic acids is 6. The number of hydrogen-bond acceptors (Lipinski definition) is 14. The van der Waals surface area contributed by atoms with Crippen LogP contribution < -0.4 is 31.5 Å². The number of amides is 7. The standard InChI is InChI=1S/C52H61ClN12O8/c1-52(2,3)73-51(71)64(27-29-72-28-6-5-8-33-10-19-39-34(30-33)32-65(48(39)69)42-20-21-43(66)60-46(42)67)38-17-13-36(14-18-38)58-50(70)63-25-23-62(24-26-63)37-15-11-35(12-16-37)57-49-56-31-40(53)45(61-49)59-41-9-7-22-55-44(41)47(68)54-4/h7,9-12,15-16,19,22,30-31,36,38,42H,6,13-14,17-18,20-21,23-29,32H2,1-4H3,(H,54,68)(H,58,70)(H,60,66,67)(H2,56,57,59,61)/t36-,38-,42?. The van der Waals surface area contributed by atoms with Crippen LogP contribution in [0.3, 0.4) is 0 Å². The van der Waals surface area contributed by atoms with Gasteiger partial charge in [0.2, 0.25) is 17.8 Å². The molecule has 7 amide bonds. The van der Waals surface area contributed by atoms with Gasteiger partial charge in [-0.2, -0.15) is 4.98 Å². The molecule has 1 saturated carbocycles. The van der Waals surface area contributed by atoms with Gasteiger partial charge in [-0.1, -0.05) is 23.4 Å². The summed E-state index contributed by atoms with van der Waals surface area (Å²) in [5.74, 6) is 5.54. The zero-order valence-electron chi connectivity index (χ0n) is 41.5. The minimum absolute atomic E-state index is 0.0144. The van der Waals surface area contributed by atoms with E-state index in [1.54, 1.807) is 29.2 Å². The zero-order chi connectivity index (χ0) is 51.6. The van der Waals surface area contributed by atoms with Crippen LogP contribution in [-0.2, 0) is 25.6 Å². The lowest BCUT2D eigenvalue weighted by Gasteiger charge is -2.39. The molecule has 20 nitrogen and oxygen atoms in total. The normalized spacial score (nSPS) is 18.7. The Hall–Kier alpha value is -7.50. The molecule has 1 unspecified atom stereocenters. The SMILES string of the molecule is CNC(=O)c1ncccc1Nc1nc(Nc2ccc(N3CCN(C(=O)N[C@H]4CC[C@H](N(CCOCCC#Cc5ccc6c(c5)CN(C5CCC(=O)NC5=O)C6=O)C(=O)OC(C)(C)C)CC4)CC3)cc2)ncc1Cl. The summed E-state index contributed by atoms with van der Waals surface area (Å²) in [6.45, 7) is 9.30. The third kappa shape index (κ3) is 13.3. The first-order valence-electron chi connectivity index (χ1n) is 24.6. The highest BCUT2D eigenvalue weighted by Crippen LogP contribution is 2.30. The molecule has 0 bridgehead atoms. The smallest absolute Gasteiger partial charge is 0.410 e. The maximum Gasteiger partial charge on any atom is 0.410 e. The van der Waals surface area contributed by atoms with Gasteiger partial charge in [0.05, 0.1) is 25.1 Å². The average Bonchev–Trinajstić information content (AvgIpc) is 3.70. The first-order chi connectivity index (χ1) is 35.1. The summed E-state index contributed by atoms with van der Waals surface area (Å²) in [7, 11) is 1.53. The predicted molar refractivity (Wildman–Crippen MR) is 274 cm³/mol. The summed E-state index contributed by atoms with van der Waals surface area (Å²) in [5.41, 5.74) is 3.83. The van der Waals surface area contributed by atoms with Crippen molar-refractivity contribution >= 4 is 76.2 Å². The van der Waals surface area contributed by atoms with Gasteiger partial charge >= 0.3 is 12.1 Å². The van der Waals surface area contributed by atoms with Crippen molar-refractivity contribution in [1.82, 2.24) is 45.6 Å². The quantitative estimate of drug-likeness (QED) is 0.0557. The van der Waals surface area contributed by atoms with Gasteiger partial charge in [-0.05, 0) is 113 Å².